The second-order valence-electron chi connectivity index (χ2n) is 3.85. The molecule has 0 radical (unpaired) electrons. The first kappa shape index (κ1) is 15.7. The number of anilines is 1. The lowest BCUT2D eigenvalue weighted by Gasteiger charge is -2.00. The maximum atomic E-state index is 11.6. The van der Waals surface area contributed by atoms with Gasteiger partial charge in [-0.3, -0.25) is 9.59 Å². The Morgan fingerprint density at radius 3 is 2.84 bits per heavy atom. The molecule has 1 rings (SSSR count). The molecule has 0 unspecified atom stereocenters. The van der Waals surface area contributed by atoms with Crippen LogP contribution >= 0.6 is 23.1 Å². The number of carbonyl (C=O) groups excluding carboxylic acids is 2. The van der Waals surface area contributed by atoms with Crippen molar-refractivity contribution in [3.8, 4) is 6.07 Å². The van der Waals surface area contributed by atoms with Crippen LogP contribution in [0.1, 0.15) is 35.1 Å². The van der Waals surface area contributed by atoms with Crippen molar-refractivity contribution < 1.29 is 9.59 Å². The number of unbranched alkanes of at least 4 members (excludes halogenated alkanes) is 1. The van der Waals surface area contributed by atoms with Gasteiger partial charge in [0, 0.05) is 13.3 Å². The second kappa shape index (κ2) is 7.92. The third-order valence-electron chi connectivity index (χ3n) is 2.17. The van der Waals surface area contributed by atoms with Gasteiger partial charge in [-0.15, -0.1) is 0 Å². The van der Waals surface area contributed by atoms with E-state index in [0.717, 1.165) is 12.2 Å². The molecule has 0 aliphatic heterocycles. The van der Waals surface area contributed by atoms with E-state index >= 15 is 0 Å². The topological polar surface area (TPSA) is 82.9 Å². The van der Waals surface area contributed by atoms with E-state index in [2.05, 4.69) is 16.4 Å². The van der Waals surface area contributed by atoms with Gasteiger partial charge in [0.1, 0.15) is 0 Å². The van der Waals surface area contributed by atoms with Crippen molar-refractivity contribution in [2.75, 3.05) is 16.8 Å². The van der Waals surface area contributed by atoms with E-state index in [1.54, 1.807) is 6.92 Å². The quantitative estimate of drug-likeness (QED) is 0.618. The van der Waals surface area contributed by atoms with Crippen molar-refractivity contribution in [3.05, 3.63) is 10.6 Å². The van der Waals surface area contributed by atoms with E-state index in [1.807, 2.05) is 0 Å². The zero-order chi connectivity index (χ0) is 14.3. The molecule has 1 amide bonds. The van der Waals surface area contributed by atoms with Crippen LogP contribution in [-0.4, -0.2) is 28.2 Å². The number of ketones is 1. The maximum Gasteiger partial charge on any atom is 0.236 e. The summed E-state index contributed by atoms with van der Waals surface area (Å²) < 4.78 is 0. The van der Waals surface area contributed by atoms with Gasteiger partial charge in [-0.1, -0.05) is 11.3 Å². The number of aromatic nitrogens is 1. The van der Waals surface area contributed by atoms with Crippen LogP contribution in [0.15, 0.2) is 0 Å². The van der Waals surface area contributed by atoms with E-state index in [0.29, 0.717) is 27.9 Å². The number of rotatable bonds is 7. The molecule has 0 fully saturated rings. The van der Waals surface area contributed by atoms with Gasteiger partial charge in [0.2, 0.25) is 5.91 Å². The largest absolute Gasteiger partial charge is 0.301 e. The number of thioether (sulfide) groups is 1. The Hall–Kier alpha value is -1.39. The van der Waals surface area contributed by atoms with Gasteiger partial charge < -0.3 is 5.32 Å². The van der Waals surface area contributed by atoms with Crippen LogP contribution in [0.25, 0.3) is 0 Å². The molecule has 19 heavy (non-hydrogen) atoms. The summed E-state index contributed by atoms with van der Waals surface area (Å²) in [4.78, 5) is 27.6. The zero-order valence-corrected chi connectivity index (χ0v) is 12.5. The highest BCUT2D eigenvalue weighted by Crippen LogP contribution is 2.23. The summed E-state index contributed by atoms with van der Waals surface area (Å²) in [6, 6.07) is 2.06. The predicted octanol–water partition coefficient (Wildman–Crippen LogP) is 2.63. The van der Waals surface area contributed by atoms with Crippen molar-refractivity contribution in [3.63, 3.8) is 0 Å². The molecule has 0 saturated carbocycles. The van der Waals surface area contributed by atoms with Crippen LogP contribution in [-0.2, 0) is 4.79 Å². The number of nitrogens with zero attached hydrogens (tertiary/aromatic N) is 2. The zero-order valence-electron chi connectivity index (χ0n) is 10.9. The fourth-order valence-electron chi connectivity index (χ4n) is 1.35. The minimum absolute atomic E-state index is 0.0404. The van der Waals surface area contributed by atoms with Gasteiger partial charge >= 0.3 is 0 Å². The lowest BCUT2D eigenvalue weighted by molar-refractivity contribution is -0.113. The summed E-state index contributed by atoms with van der Waals surface area (Å²) in [5, 5.41) is 11.5. The molecule has 0 bridgehead atoms. The molecule has 1 aromatic rings. The Kier molecular flexibility index (Phi) is 6.53. The second-order valence-corrected chi connectivity index (χ2v) is 5.96. The first-order valence-corrected chi connectivity index (χ1v) is 7.74. The minimum Gasteiger partial charge on any atom is -0.301 e. The number of amides is 1. The fraction of sp³-hybridized carbons (Fsp3) is 0.500. The predicted molar refractivity (Wildman–Crippen MR) is 77.7 cm³/mol. The maximum absolute atomic E-state index is 11.6. The summed E-state index contributed by atoms with van der Waals surface area (Å²) in [6.45, 7) is 3.23. The highest BCUT2D eigenvalue weighted by molar-refractivity contribution is 7.99. The normalized spacial score (nSPS) is 9.95. The molecule has 0 atom stereocenters. The Morgan fingerprint density at radius 1 is 1.53 bits per heavy atom. The Morgan fingerprint density at radius 2 is 2.26 bits per heavy atom. The number of hydrogen-bond acceptors (Lipinski definition) is 6. The summed E-state index contributed by atoms with van der Waals surface area (Å²) in [7, 11) is 0. The van der Waals surface area contributed by atoms with Crippen molar-refractivity contribution >= 4 is 39.9 Å². The van der Waals surface area contributed by atoms with Crippen molar-refractivity contribution in [2.24, 2.45) is 0 Å². The standard InChI is InChI=1S/C12H15N3O2S2/c1-8-11(9(2)16)19-12(14-8)15-10(17)7-18-6-4-3-5-13/h3-4,6-7H2,1-2H3,(H,14,15,17). The molecular weight excluding hydrogens is 282 g/mol. The van der Waals surface area contributed by atoms with Gasteiger partial charge in [-0.2, -0.15) is 17.0 Å². The fourth-order valence-corrected chi connectivity index (χ4v) is 2.98. The molecule has 5 nitrogen and oxygen atoms in total. The molecule has 0 spiro atoms. The Balaban J connectivity index is 2.38. The van der Waals surface area contributed by atoms with Crippen LogP contribution < -0.4 is 5.32 Å². The van der Waals surface area contributed by atoms with Gasteiger partial charge in [0.15, 0.2) is 10.9 Å². The molecule has 102 valence electrons. The first-order valence-electron chi connectivity index (χ1n) is 5.77. The van der Waals surface area contributed by atoms with Gasteiger partial charge in [-0.25, -0.2) is 4.98 Å². The molecular formula is C12H15N3O2S2. The number of nitriles is 1. The van der Waals surface area contributed by atoms with E-state index in [4.69, 9.17) is 5.26 Å². The van der Waals surface area contributed by atoms with Crippen molar-refractivity contribution in [2.45, 2.75) is 26.7 Å². The Bertz CT molecular complexity index is 506. The molecule has 1 aromatic heterocycles. The van der Waals surface area contributed by atoms with Crippen LogP contribution in [0, 0.1) is 18.3 Å². The van der Waals surface area contributed by atoms with Crippen LogP contribution in [0.2, 0.25) is 0 Å². The average Bonchev–Trinajstić information content (AvgIpc) is 2.70. The van der Waals surface area contributed by atoms with E-state index < -0.39 is 0 Å². The lowest BCUT2D eigenvalue weighted by Crippen LogP contribution is -2.14. The third kappa shape index (κ3) is 5.41. The summed E-state index contributed by atoms with van der Waals surface area (Å²) >= 11 is 2.68. The van der Waals surface area contributed by atoms with E-state index in [1.165, 1.54) is 30.0 Å². The van der Waals surface area contributed by atoms with Crippen molar-refractivity contribution in [1.82, 2.24) is 4.98 Å². The lowest BCUT2D eigenvalue weighted by atomic mass is 10.3. The van der Waals surface area contributed by atoms with Crippen molar-refractivity contribution in [1.29, 1.82) is 5.26 Å². The van der Waals surface area contributed by atoms with Crippen LogP contribution in [0.4, 0.5) is 5.13 Å². The molecule has 0 saturated heterocycles. The number of hydrogen-bond donors (Lipinski definition) is 1. The number of thiazole rings is 1. The molecule has 0 aliphatic carbocycles. The highest BCUT2D eigenvalue weighted by Gasteiger charge is 2.13. The monoisotopic (exact) mass is 297 g/mol. The van der Waals surface area contributed by atoms with Crippen LogP contribution in [0.5, 0.6) is 0 Å². The number of Topliss-reactive ketones (excluding diaryl/α,β-unsaturated/α-hetero) is 1. The Labute approximate surface area is 120 Å². The first-order chi connectivity index (χ1) is 9.04. The summed E-state index contributed by atoms with van der Waals surface area (Å²) in [6.07, 6.45) is 1.31. The molecule has 1 heterocycles. The van der Waals surface area contributed by atoms with Crippen LogP contribution in [0.3, 0.4) is 0 Å². The third-order valence-corrected chi connectivity index (χ3v) is 4.39. The summed E-state index contributed by atoms with van der Waals surface area (Å²) in [5.41, 5.74) is 0.648. The van der Waals surface area contributed by atoms with Gasteiger partial charge in [0.05, 0.1) is 22.4 Å². The highest BCUT2D eigenvalue weighted by atomic mass is 32.2. The van der Waals surface area contributed by atoms with E-state index in [-0.39, 0.29) is 11.7 Å². The smallest absolute Gasteiger partial charge is 0.236 e. The molecule has 7 heteroatoms. The summed E-state index contributed by atoms with van der Waals surface area (Å²) in [5.74, 6) is 0.947. The molecule has 0 aliphatic rings. The average molecular weight is 297 g/mol. The molecule has 0 aromatic carbocycles. The number of nitrogens with one attached hydrogen (secondary N) is 1. The number of carbonyl (C=O) groups is 2. The van der Waals surface area contributed by atoms with Gasteiger partial charge in [-0.05, 0) is 19.1 Å². The molecule has 1 N–H and O–H groups in total. The minimum atomic E-state index is -0.134. The van der Waals surface area contributed by atoms with Gasteiger partial charge in [0.25, 0.3) is 0 Å². The SMILES string of the molecule is CC(=O)c1sc(NC(=O)CSCCCC#N)nc1C. The van der Waals surface area contributed by atoms with E-state index in [9.17, 15) is 9.59 Å². The number of aryl methyl sites for hydroxylation is 1.